The number of nitrogens with zero attached hydrogens (tertiary/aromatic N) is 7. The number of carbonyl (C=O) groups is 2. The van der Waals surface area contributed by atoms with E-state index in [1.165, 1.54) is 14.2 Å². The van der Waals surface area contributed by atoms with Gasteiger partial charge in [0.15, 0.2) is 0 Å². The number of aromatic amines is 1. The highest BCUT2D eigenvalue weighted by Gasteiger charge is 2.73. The number of alkyl halides is 6. The normalized spacial score (nSPS) is 25.5. The number of methoxy groups -OCH3 is 2. The number of ether oxygens (including phenoxy) is 2. The van der Waals surface area contributed by atoms with Gasteiger partial charge in [0, 0.05) is 95.1 Å². The minimum absolute atomic E-state index is 0.0450. The van der Waals surface area contributed by atoms with Gasteiger partial charge in [-0.3, -0.25) is 0 Å². The van der Waals surface area contributed by atoms with Crippen molar-refractivity contribution in [3.05, 3.63) is 119 Å². The summed E-state index contributed by atoms with van der Waals surface area (Å²) in [6, 6.07) is 14.6. The van der Waals surface area contributed by atoms with Crippen LogP contribution in [-0.2, 0) is 29.0 Å². The summed E-state index contributed by atoms with van der Waals surface area (Å²) < 4.78 is 90.1. The lowest BCUT2D eigenvalue weighted by molar-refractivity contribution is 0.0592. The summed E-state index contributed by atoms with van der Waals surface area (Å²) in [5.41, 5.74) is 4.55. The van der Waals surface area contributed by atoms with E-state index in [4.69, 9.17) is 5.11 Å². The molecule has 5 aromatic rings. The number of fused-ring (bicyclic) bond motifs is 3. The van der Waals surface area contributed by atoms with E-state index in [1.54, 1.807) is 61.4 Å². The molecule has 6 fully saturated rings. The lowest BCUT2D eigenvalue weighted by Gasteiger charge is -2.20. The van der Waals surface area contributed by atoms with Crippen LogP contribution in [0.25, 0.3) is 0 Å². The third kappa shape index (κ3) is 8.36. The highest BCUT2D eigenvalue weighted by molar-refractivity contribution is 5.89. The first kappa shape index (κ1) is 43.2. The van der Waals surface area contributed by atoms with Gasteiger partial charge < -0.3 is 38.8 Å². The molecule has 0 amide bonds. The van der Waals surface area contributed by atoms with Crippen molar-refractivity contribution in [3.63, 3.8) is 0 Å². The number of nitrogens with one attached hydrogen (secondary N) is 1. The number of hydrogen-bond donors (Lipinski definition) is 2. The number of aliphatic hydroxyl groups is 1. The summed E-state index contributed by atoms with van der Waals surface area (Å²) in [6.45, 7) is 2.83. The van der Waals surface area contributed by atoms with Gasteiger partial charge in [0.2, 0.25) is 0 Å². The Morgan fingerprint density at radius 3 is 1.47 bits per heavy atom. The number of esters is 2. The van der Waals surface area contributed by atoms with Crippen molar-refractivity contribution in [1.82, 2.24) is 24.5 Å². The molecular formula is C45H46F6N8O5. The molecule has 6 unspecified atom stereocenters. The van der Waals surface area contributed by atoms with Gasteiger partial charge in [-0.25, -0.2) is 50.9 Å². The van der Waals surface area contributed by atoms with E-state index in [9.17, 15) is 35.9 Å². The van der Waals surface area contributed by atoms with Gasteiger partial charge in [-0.1, -0.05) is 18.2 Å². The number of hydrogen-bond acceptors (Lipinski definition) is 11. The fourth-order valence-corrected chi connectivity index (χ4v) is 9.18. The average Bonchev–Trinajstić information content (AvgIpc) is 3.91. The maximum Gasteiger partial charge on any atom is 0.339 e. The molecule has 8 heterocycles. The van der Waals surface area contributed by atoms with Crippen molar-refractivity contribution >= 4 is 29.4 Å². The predicted octanol–water partition coefficient (Wildman–Crippen LogP) is 6.18. The molecule has 0 bridgehead atoms. The lowest BCUT2D eigenvalue weighted by atomic mass is 10.1. The molecule has 3 saturated heterocycles. The van der Waals surface area contributed by atoms with Crippen molar-refractivity contribution in [3.8, 4) is 0 Å². The number of piperidine rings is 3. The SMILES string of the molecule is COC(=O)c1c[nH]c(Cc2ccc(N3CC4C(C3)C4(F)F)nc2)c1.COC(=O)c1ccn(Cc2ccc(N3CC4C(C3)C4(F)F)nc2)c1.OCc1ccc(N2CC3C(C2)C3(F)F)nc1. The van der Waals surface area contributed by atoms with Gasteiger partial charge >= 0.3 is 11.9 Å². The molecule has 338 valence electrons. The fraction of sp³-hybridized carbons (Fsp3) is 0.444. The third-order valence-electron chi connectivity index (χ3n) is 13.3. The number of carbonyl (C=O) groups excluding carboxylic acids is 2. The zero-order chi connectivity index (χ0) is 45.1. The molecule has 0 radical (unpaired) electrons. The first-order chi connectivity index (χ1) is 30.6. The molecule has 3 aliphatic heterocycles. The number of aromatic nitrogens is 5. The summed E-state index contributed by atoms with van der Waals surface area (Å²) >= 11 is 0. The Morgan fingerprint density at radius 1 is 0.641 bits per heavy atom. The van der Waals surface area contributed by atoms with Crippen LogP contribution < -0.4 is 14.7 Å². The second-order valence-corrected chi connectivity index (χ2v) is 17.3. The molecule has 19 heteroatoms. The first-order valence-electron chi connectivity index (χ1n) is 20.9. The molecule has 3 aliphatic carbocycles. The highest BCUT2D eigenvalue weighted by Crippen LogP contribution is 2.61. The van der Waals surface area contributed by atoms with Crippen LogP contribution in [0, 0.1) is 35.5 Å². The molecule has 5 aromatic heterocycles. The van der Waals surface area contributed by atoms with Gasteiger partial charge in [0.05, 0.1) is 67.5 Å². The first-order valence-corrected chi connectivity index (χ1v) is 20.9. The van der Waals surface area contributed by atoms with Gasteiger partial charge in [-0.15, -0.1) is 0 Å². The van der Waals surface area contributed by atoms with Gasteiger partial charge in [0.25, 0.3) is 17.8 Å². The smallest absolute Gasteiger partial charge is 0.339 e. The van der Waals surface area contributed by atoms with E-state index in [0.29, 0.717) is 63.4 Å². The minimum Gasteiger partial charge on any atom is -0.465 e. The fourth-order valence-electron chi connectivity index (χ4n) is 9.18. The van der Waals surface area contributed by atoms with Crippen molar-refractivity contribution in [2.45, 2.75) is 37.3 Å². The zero-order valence-corrected chi connectivity index (χ0v) is 34.9. The van der Waals surface area contributed by atoms with Crippen LogP contribution in [0.4, 0.5) is 43.8 Å². The van der Waals surface area contributed by atoms with Crippen LogP contribution >= 0.6 is 0 Å². The number of H-pyrrole nitrogens is 1. The molecule has 11 rings (SSSR count). The predicted molar refractivity (Wildman–Crippen MR) is 221 cm³/mol. The molecule has 13 nitrogen and oxygen atoms in total. The summed E-state index contributed by atoms with van der Waals surface area (Å²) in [5, 5.41) is 8.86. The molecule has 64 heavy (non-hydrogen) atoms. The average molecular weight is 893 g/mol. The molecule has 0 aromatic carbocycles. The van der Waals surface area contributed by atoms with Crippen LogP contribution in [-0.4, -0.2) is 113 Å². The van der Waals surface area contributed by atoms with Crippen LogP contribution in [0.2, 0.25) is 0 Å². The van der Waals surface area contributed by atoms with Crippen molar-refractivity contribution < 1.29 is 50.5 Å². The van der Waals surface area contributed by atoms with Crippen molar-refractivity contribution in [1.29, 1.82) is 0 Å². The summed E-state index contributed by atoms with van der Waals surface area (Å²) in [6.07, 6.45) is 10.8. The van der Waals surface area contributed by atoms with E-state index in [1.807, 2.05) is 43.5 Å². The Bertz CT molecular complexity index is 2310. The molecule has 2 N–H and O–H groups in total. The second kappa shape index (κ2) is 16.5. The molecular weight excluding hydrogens is 847 g/mol. The Hall–Kier alpha value is -6.11. The number of halogens is 6. The summed E-state index contributed by atoms with van der Waals surface area (Å²) in [5.74, 6) is -8.91. The number of aliphatic hydroxyl groups excluding tert-OH is 1. The Morgan fingerprint density at radius 2 is 1.06 bits per heavy atom. The second-order valence-electron chi connectivity index (χ2n) is 17.3. The van der Waals surface area contributed by atoms with Crippen molar-refractivity contribution in [2.75, 3.05) is 68.2 Å². The van der Waals surface area contributed by atoms with Crippen LogP contribution in [0.3, 0.4) is 0 Å². The monoisotopic (exact) mass is 892 g/mol. The standard InChI is InChI=1S/2C17H17F2N3O2.C11H12F2N2O/c1-24-16(23)11-5-12(20-7-11)4-10-2-3-15(21-6-10)22-8-13-14(9-22)17(13,18)19;1-24-16(23)12-4-5-21(8-12)7-11-2-3-15(20-6-11)22-9-13-14(10-22)17(13,18)19;12-11(13)8-4-15(5-9(8)11)10-2-1-7(6-16)3-14-10/h2-3,5-7,13-14,20H,4,8-9H2,1H3;2-6,8,13-14H,7,9-10H2,1H3;1-3,8-9,16H,4-6H2. The van der Waals surface area contributed by atoms with E-state index in [2.05, 4.69) is 29.4 Å². The summed E-state index contributed by atoms with van der Waals surface area (Å²) in [7, 11) is 2.69. The van der Waals surface area contributed by atoms with E-state index in [-0.39, 0.29) is 18.5 Å². The van der Waals surface area contributed by atoms with Crippen molar-refractivity contribution in [2.24, 2.45) is 35.5 Å². The van der Waals surface area contributed by atoms with E-state index in [0.717, 1.165) is 39.8 Å². The molecule has 3 saturated carbocycles. The third-order valence-corrected chi connectivity index (χ3v) is 13.3. The van der Waals surface area contributed by atoms with Gasteiger partial charge in [-0.05, 0) is 47.0 Å². The van der Waals surface area contributed by atoms with Gasteiger partial charge in [0.1, 0.15) is 17.5 Å². The topological polar surface area (TPSA) is 142 Å². The van der Waals surface area contributed by atoms with E-state index < -0.39 is 53.3 Å². The zero-order valence-electron chi connectivity index (χ0n) is 34.9. The van der Waals surface area contributed by atoms with Gasteiger partial charge in [-0.2, -0.15) is 0 Å². The van der Waals surface area contributed by atoms with Crippen LogP contribution in [0.15, 0.2) is 85.7 Å². The van der Waals surface area contributed by atoms with Crippen LogP contribution in [0.5, 0.6) is 0 Å². The Balaban J connectivity index is 0.000000124. The Kier molecular flexibility index (Phi) is 11.1. The maximum atomic E-state index is 13.2. The highest BCUT2D eigenvalue weighted by atomic mass is 19.3. The summed E-state index contributed by atoms with van der Waals surface area (Å²) in [4.78, 5) is 44.6. The number of rotatable bonds is 10. The lowest BCUT2D eigenvalue weighted by Crippen LogP contribution is -2.28. The van der Waals surface area contributed by atoms with Crippen LogP contribution in [0.1, 0.15) is 43.1 Å². The Labute approximate surface area is 364 Å². The maximum absolute atomic E-state index is 13.2. The largest absolute Gasteiger partial charge is 0.465 e. The minimum atomic E-state index is -2.47. The molecule has 6 aliphatic rings. The quantitative estimate of drug-likeness (QED) is 0.123. The number of anilines is 3. The number of pyridine rings is 3. The van der Waals surface area contributed by atoms with E-state index >= 15 is 0 Å². The molecule has 6 atom stereocenters. The molecule has 0 spiro atoms.